The molecule has 1 aliphatic heterocycles. The van der Waals surface area contributed by atoms with E-state index in [9.17, 15) is 0 Å². The second-order valence-electron chi connectivity index (χ2n) is 8.39. The second-order valence-corrected chi connectivity index (χ2v) is 8.39. The fourth-order valence-corrected chi connectivity index (χ4v) is 4.74. The van der Waals surface area contributed by atoms with Crippen molar-refractivity contribution in [2.75, 3.05) is 28.2 Å². The molecule has 2 aromatic rings. The lowest BCUT2D eigenvalue weighted by Crippen LogP contribution is -2.57. The van der Waals surface area contributed by atoms with Crippen LogP contribution in [0.2, 0.25) is 0 Å². The summed E-state index contributed by atoms with van der Waals surface area (Å²) in [5.41, 5.74) is 6.48. The molecule has 0 radical (unpaired) electrons. The van der Waals surface area contributed by atoms with Crippen LogP contribution in [0.4, 0.5) is 0 Å². The molecule has 1 fully saturated rings. The highest BCUT2D eigenvalue weighted by molar-refractivity contribution is 5.30. The molecule has 1 heterocycles. The van der Waals surface area contributed by atoms with Gasteiger partial charge < -0.3 is 0 Å². The van der Waals surface area contributed by atoms with Crippen molar-refractivity contribution in [2.45, 2.75) is 44.6 Å². The Labute approximate surface area is 171 Å². The summed E-state index contributed by atoms with van der Waals surface area (Å²) in [6, 6.07) is 22.9. The van der Waals surface area contributed by atoms with E-state index in [2.05, 4.69) is 123 Å². The number of nitrogens with zero attached hydrogens (tertiary/aromatic N) is 3. The van der Waals surface area contributed by atoms with Gasteiger partial charge in [0.15, 0.2) is 0 Å². The lowest BCUT2D eigenvalue weighted by Gasteiger charge is -2.39. The van der Waals surface area contributed by atoms with Gasteiger partial charge in [-0.3, -0.25) is 14.8 Å². The first-order valence-electron chi connectivity index (χ1n) is 10.4. The minimum Gasteiger partial charge on any atom is -0.281 e. The summed E-state index contributed by atoms with van der Waals surface area (Å²) in [4.78, 5) is 5.14. The summed E-state index contributed by atoms with van der Waals surface area (Å²) in [5.74, 6) is 0.559. The van der Waals surface area contributed by atoms with Gasteiger partial charge in [-0.2, -0.15) is 0 Å². The highest BCUT2D eigenvalue weighted by Gasteiger charge is 2.48. The molecule has 152 valence electrons. The minimum absolute atomic E-state index is 0.299. The number of hydrazine groups is 1. The van der Waals surface area contributed by atoms with Crippen LogP contribution < -0.4 is 5.43 Å². The second kappa shape index (κ2) is 9.19. The van der Waals surface area contributed by atoms with E-state index in [-0.39, 0.29) is 0 Å². The van der Waals surface area contributed by atoms with Crippen molar-refractivity contribution >= 4 is 0 Å². The summed E-state index contributed by atoms with van der Waals surface area (Å²) in [6.07, 6.45) is 1.45. The number of benzene rings is 2. The lowest BCUT2D eigenvalue weighted by molar-refractivity contribution is 0.0525. The molecule has 1 N–H and O–H groups in total. The maximum Gasteiger partial charge on any atom is 0.0803 e. The highest BCUT2D eigenvalue weighted by atomic mass is 15.5. The molecular weight excluding hydrogens is 344 g/mol. The summed E-state index contributed by atoms with van der Waals surface area (Å²) in [7, 11) is 8.75. The molecule has 0 bridgehead atoms. The molecular formula is C24H36N4. The van der Waals surface area contributed by atoms with E-state index < -0.39 is 0 Å². The fraction of sp³-hybridized carbons (Fsp3) is 0.500. The number of hydrogen-bond donors (Lipinski definition) is 1. The molecule has 0 spiro atoms. The maximum atomic E-state index is 3.73. The number of rotatable bonds is 7. The predicted octanol–water partition coefficient (Wildman–Crippen LogP) is 4.15. The van der Waals surface area contributed by atoms with Crippen LogP contribution in [0.3, 0.4) is 0 Å². The number of likely N-dealkylation sites (N-methyl/N-ethyl adjacent to an activating group) is 2. The van der Waals surface area contributed by atoms with E-state index in [1.54, 1.807) is 0 Å². The van der Waals surface area contributed by atoms with E-state index in [4.69, 9.17) is 0 Å². The van der Waals surface area contributed by atoms with Crippen LogP contribution in [0.15, 0.2) is 60.7 Å². The Bertz CT molecular complexity index is 666. The summed E-state index contributed by atoms with van der Waals surface area (Å²) in [6.45, 7) is 4.64. The largest absolute Gasteiger partial charge is 0.281 e. The smallest absolute Gasteiger partial charge is 0.0803 e. The van der Waals surface area contributed by atoms with Crippen LogP contribution in [0.1, 0.15) is 43.5 Å². The van der Waals surface area contributed by atoms with E-state index >= 15 is 0 Å². The van der Waals surface area contributed by atoms with E-state index in [0.29, 0.717) is 30.2 Å². The van der Waals surface area contributed by atoms with Gasteiger partial charge in [-0.1, -0.05) is 80.9 Å². The first-order chi connectivity index (χ1) is 13.5. The Kier molecular flexibility index (Phi) is 6.89. The standard InChI is InChI=1S/C24H36N4/c1-7-18(2)21(25-26(3)4)24-27(5)22(19-14-10-8-11-15-19)23(28(24)6)20-16-12-9-13-17-20/h8-18,21-25H,7H2,1-6H3/t18?,21-,22-,23-/m0/s1. The SMILES string of the molecule is CCC(C)[C@H](NN(C)C)C1N(C)[C@@H](c2ccccc2)[C@H](c2ccccc2)N1C. The van der Waals surface area contributed by atoms with Gasteiger partial charge in [0.05, 0.1) is 24.3 Å². The fourth-order valence-electron chi connectivity index (χ4n) is 4.74. The van der Waals surface area contributed by atoms with Crippen LogP contribution in [0.25, 0.3) is 0 Å². The summed E-state index contributed by atoms with van der Waals surface area (Å²) >= 11 is 0. The van der Waals surface area contributed by atoms with Gasteiger partial charge in [0.2, 0.25) is 0 Å². The zero-order chi connectivity index (χ0) is 20.3. The van der Waals surface area contributed by atoms with Crippen LogP contribution in [-0.4, -0.2) is 55.2 Å². The van der Waals surface area contributed by atoms with Gasteiger partial charge in [-0.25, -0.2) is 5.43 Å². The first-order valence-corrected chi connectivity index (χ1v) is 10.4. The molecule has 0 amide bonds. The molecule has 1 aliphatic rings. The minimum atomic E-state index is 0.299. The van der Waals surface area contributed by atoms with Crippen molar-refractivity contribution < 1.29 is 0 Å². The van der Waals surface area contributed by atoms with Crippen LogP contribution in [0.5, 0.6) is 0 Å². The van der Waals surface area contributed by atoms with Crippen molar-refractivity contribution in [1.29, 1.82) is 0 Å². The summed E-state index contributed by atoms with van der Waals surface area (Å²) < 4.78 is 0. The quantitative estimate of drug-likeness (QED) is 0.728. The lowest BCUT2D eigenvalue weighted by atomic mass is 9.93. The van der Waals surface area contributed by atoms with Crippen molar-refractivity contribution in [3.05, 3.63) is 71.8 Å². The van der Waals surface area contributed by atoms with Crippen molar-refractivity contribution in [3.8, 4) is 0 Å². The van der Waals surface area contributed by atoms with Gasteiger partial charge in [-0.05, 0) is 31.1 Å². The molecule has 4 atom stereocenters. The van der Waals surface area contributed by atoms with E-state index in [1.165, 1.54) is 11.1 Å². The predicted molar refractivity (Wildman–Crippen MR) is 118 cm³/mol. The third kappa shape index (κ3) is 4.15. The molecule has 4 heteroatoms. The van der Waals surface area contributed by atoms with Crippen molar-refractivity contribution in [3.63, 3.8) is 0 Å². The van der Waals surface area contributed by atoms with Gasteiger partial charge in [-0.15, -0.1) is 0 Å². The zero-order valence-electron chi connectivity index (χ0n) is 18.2. The van der Waals surface area contributed by atoms with Gasteiger partial charge >= 0.3 is 0 Å². The Hall–Kier alpha value is -1.72. The molecule has 1 saturated heterocycles. The number of hydrogen-bond acceptors (Lipinski definition) is 4. The molecule has 3 rings (SSSR count). The van der Waals surface area contributed by atoms with Crippen molar-refractivity contribution in [2.24, 2.45) is 5.92 Å². The van der Waals surface area contributed by atoms with Gasteiger partial charge in [0, 0.05) is 14.1 Å². The van der Waals surface area contributed by atoms with Crippen LogP contribution >= 0.6 is 0 Å². The average molecular weight is 381 g/mol. The third-order valence-corrected chi connectivity index (χ3v) is 6.28. The average Bonchev–Trinajstić information content (AvgIpc) is 2.97. The van der Waals surface area contributed by atoms with Gasteiger partial charge in [0.25, 0.3) is 0 Å². The molecule has 0 saturated carbocycles. The molecule has 1 unspecified atom stereocenters. The molecule has 2 aromatic carbocycles. The first kappa shape index (κ1) is 21.0. The third-order valence-electron chi connectivity index (χ3n) is 6.28. The molecule has 28 heavy (non-hydrogen) atoms. The van der Waals surface area contributed by atoms with Gasteiger partial charge in [0.1, 0.15) is 0 Å². The summed E-state index contributed by atoms with van der Waals surface area (Å²) in [5, 5.41) is 2.10. The topological polar surface area (TPSA) is 21.8 Å². The van der Waals surface area contributed by atoms with E-state index in [0.717, 1.165) is 6.42 Å². The zero-order valence-corrected chi connectivity index (χ0v) is 18.2. The Morgan fingerprint density at radius 1 is 0.857 bits per heavy atom. The highest BCUT2D eigenvalue weighted by Crippen LogP contribution is 2.46. The molecule has 0 aromatic heterocycles. The molecule has 4 nitrogen and oxygen atoms in total. The Morgan fingerprint density at radius 2 is 1.29 bits per heavy atom. The van der Waals surface area contributed by atoms with E-state index in [1.807, 2.05) is 0 Å². The van der Waals surface area contributed by atoms with Crippen LogP contribution in [-0.2, 0) is 0 Å². The van der Waals surface area contributed by atoms with Crippen molar-refractivity contribution in [1.82, 2.24) is 20.2 Å². The normalized spacial score (nSPS) is 24.0. The number of nitrogens with one attached hydrogen (secondary N) is 1. The Morgan fingerprint density at radius 3 is 1.64 bits per heavy atom. The molecule has 0 aliphatic carbocycles. The monoisotopic (exact) mass is 380 g/mol. The maximum absolute atomic E-state index is 3.73. The van der Waals surface area contributed by atoms with Crippen LogP contribution in [0, 0.1) is 5.92 Å². The Balaban J connectivity index is 2.05.